The molecule has 0 saturated heterocycles. The third-order valence-corrected chi connectivity index (χ3v) is 4.12. The number of nitrogens with one attached hydrogen (secondary N) is 2. The molecule has 5 N–H and O–H groups in total. The molecule has 2 aromatic rings. The Morgan fingerprint density at radius 2 is 2.08 bits per heavy atom. The zero-order valence-corrected chi connectivity index (χ0v) is 14.5. The Kier molecular flexibility index (Phi) is 5.71. The van der Waals surface area contributed by atoms with Crippen molar-refractivity contribution in [1.29, 1.82) is 0 Å². The van der Waals surface area contributed by atoms with E-state index in [1.54, 1.807) is 12.1 Å². The Bertz CT molecular complexity index is 827. The SMILES string of the molecule is COc1ccc(O)c(/C=N/NC(=O)c2[nH+]c(Cl)c(Cl)c(N)c2Cl)c1. The first-order valence-corrected chi connectivity index (χ1v) is 7.54. The second-order valence-electron chi connectivity index (χ2n) is 4.48. The van der Waals surface area contributed by atoms with Gasteiger partial charge in [-0.25, -0.2) is 5.43 Å². The van der Waals surface area contributed by atoms with Crippen LogP contribution in [0.2, 0.25) is 15.2 Å². The van der Waals surface area contributed by atoms with Crippen molar-refractivity contribution in [2.45, 2.75) is 0 Å². The number of amides is 1. The molecule has 0 aliphatic rings. The molecule has 0 aliphatic heterocycles. The van der Waals surface area contributed by atoms with Crippen molar-refractivity contribution < 1.29 is 19.6 Å². The first-order chi connectivity index (χ1) is 11.3. The van der Waals surface area contributed by atoms with Crippen LogP contribution < -0.4 is 20.9 Å². The number of benzene rings is 1. The molecule has 0 spiro atoms. The van der Waals surface area contributed by atoms with Crippen molar-refractivity contribution >= 4 is 52.6 Å². The van der Waals surface area contributed by atoms with E-state index in [0.29, 0.717) is 11.3 Å². The number of carbonyl (C=O) groups is 1. The number of hydrogen-bond acceptors (Lipinski definition) is 5. The number of halogens is 3. The number of aromatic nitrogens is 1. The van der Waals surface area contributed by atoms with Crippen LogP contribution in [-0.4, -0.2) is 24.3 Å². The minimum absolute atomic E-state index is 0.0167. The molecule has 1 aromatic heterocycles. The molecule has 2 rings (SSSR count). The van der Waals surface area contributed by atoms with Crippen LogP contribution >= 0.6 is 34.8 Å². The lowest BCUT2D eigenvalue weighted by molar-refractivity contribution is -0.379. The fourth-order valence-electron chi connectivity index (χ4n) is 1.70. The van der Waals surface area contributed by atoms with Crippen LogP contribution in [0.1, 0.15) is 16.1 Å². The Labute approximate surface area is 152 Å². The number of pyridine rings is 1. The Balaban J connectivity index is 2.20. The lowest BCUT2D eigenvalue weighted by Gasteiger charge is -2.04. The summed E-state index contributed by atoms with van der Waals surface area (Å²) in [6.45, 7) is 0. The number of phenolic OH excluding ortho intramolecular Hbond substituents is 1. The molecule has 7 nitrogen and oxygen atoms in total. The summed E-state index contributed by atoms with van der Waals surface area (Å²) in [5.41, 5.74) is 8.11. The molecule has 0 fully saturated rings. The largest absolute Gasteiger partial charge is 0.507 e. The third-order valence-electron chi connectivity index (χ3n) is 2.95. The average Bonchev–Trinajstić information content (AvgIpc) is 2.57. The standard InChI is InChI=1S/C14H11Cl3N4O3/c1-24-7-2-3-8(22)6(4-7)5-19-21-14(23)12-9(15)11(18)10(16)13(17)20-12/h2-5,22H,1H3,(H2,18,20)(H,21,23)/p+1/b19-5+. The number of aromatic amines is 1. The molecule has 0 radical (unpaired) electrons. The summed E-state index contributed by atoms with van der Waals surface area (Å²) in [7, 11) is 1.49. The normalized spacial score (nSPS) is 10.8. The van der Waals surface area contributed by atoms with Gasteiger partial charge in [-0.15, -0.1) is 0 Å². The second kappa shape index (κ2) is 7.57. The quantitative estimate of drug-likeness (QED) is 0.423. The van der Waals surface area contributed by atoms with Crippen molar-refractivity contribution in [3.63, 3.8) is 0 Å². The van der Waals surface area contributed by atoms with Crippen LogP contribution in [0.4, 0.5) is 5.69 Å². The van der Waals surface area contributed by atoms with Gasteiger partial charge in [0.1, 0.15) is 21.5 Å². The summed E-state index contributed by atoms with van der Waals surface area (Å²) in [5.74, 6) is -0.199. The summed E-state index contributed by atoms with van der Waals surface area (Å²) in [6.07, 6.45) is 1.24. The van der Waals surface area contributed by atoms with Gasteiger partial charge in [0.2, 0.25) is 0 Å². The van der Waals surface area contributed by atoms with Crippen LogP contribution in [0.5, 0.6) is 11.5 Å². The molecular weight excluding hydrogens is 379 g/mol. The highest BCUT2D eigenvalue weighted by molar-refractivity contribution is 6.45. The zero-order valence-electron chi connectivity index (χ0n) is 12.2. The minimum Gasteiger partial charge on any atom is -0.507 e. The van der Waals surface area contributed by atoms with Crippen molar-refractivity contribution in [3.05, 3.63) is 44.7 Å². The van der Waals surface area contributed by atoms with Crippen molar-refractivity contribution in [2.24, 2.45) is 5.10 Å². The van der Waals surface area contributed by atoms with Gasteiger partial charge in [0.05, 0.1) is 19.0 Å². The van der Waals surface area contributed by atoms with E-state index in [4.69, 9.17) is 45.3 Å². The monoisotopic (exact) mass is 389 g/mol. The summed E-state index contributed by atoms with van der Waals surface area (Å²) in [6, 6.07) is 4.56. The van der Waals surface area contributed by atoms with Gasteiger partial charge in [0.15, 0.2) is 0 Å². The molecule has 0 saturated carbocycles. The predicted octanol–water partition coefficient (Wildman–Crippen LogP) is 2.52. The predicted molar refractivity (Wildman–Crippen MR) is 92.2 cm³/mol. The summed E-state index contributed by atoms with van der Waals surface area (Å²) in [4.78, 5) is 14.6. The Morgan fingerprint density at radius 3 is 2.75 bits per heavy atom. The van der Waals surface area contributed by atoms with Gasteiger partial charge < -0.3 is 15.6 Å². The van der Waals surface area contributed by atoms with Crippen LogP contribution in [0.3, 0.4) is 0 Å². The Hall–Kier alpha value is -2.22. The molecule has 0 atom stereocenters. The maximum Gasteiger partial charge on any atom is 0.337 e. The lowest BCUT2D eigenvalue weighted by atomic mass is 10.2. The number of H-pyrrole nitrogens is 1. The van der Waals surface area contributed by atoms with Crippen LogP contribution in [0.25, 0.3) is 0 Å². The molecule has 1 heterocycles. The fourth-order valence-corrected chi connectivity index (χ4v) is 2.32. The summed E-state index contributed by atoms with van der Waals surface area (Å²) < 4.78 is 5.04. The summed E-state index contributed by atoms with van der Waals surface area (Å²) >= 11 is 17.6. The fraction of sp³-hybridized carbons (Fsp3) is 0.0714. The van der Waals surface area contributed by atoms with Gasteiger partial charge in [-0.1, -0.05) is 23.2 Å². The van der Waals surface area contributed by atoms with Gasteiger partial charge in [-0.3, -0.25) is 4.79 Å². The number of nitrogens with zero attached hydrogens (tertiary/aromatic N) is 1. The number of nitrogens with two attached hydrogens (primary N) is 1. The highest BCUT2D eigenvalue weighted by atomic mass is 35.5. The van der Waals surface area contributed by atoms with E-state index in [0.717, 1.165) is 0 Å². The molecule has 10 heteroatoms. The molecule has 0 unspecified atom stereocenters. The van der Waals surface area contributed by atoms with Gasteiger partial charge in [0, 0.05) is 5.56 Å². The maximum atomic E-state index is 12.1. The first-order valence-electron chi connectivity index (χ1n) is 6.40. The highest BCUT2D eigenvalue weighted by Crippen LogP contribution is 2.31. The van der Waals surface area contributed by atoms with Gasteiger partial charge in [-0.2, -0.15) is 10.1 Å². The van der Waals surface area contributed by atoms with E-state index in [9.17, 15) is 9.90 Å². The van der Waals surface area contributed by atoms with Gasteiger partial charge in [-0.05, 0) is 29.8 Å². The van der Waals surface area contributed by atoms with E-state index in [2.05, 4.69) is 15.5 Å². The highest BCUT2D eigenvalue weighted by Gasteiger charge is 2.25. The van der Waals surface area contributed by atoms with Gasteiger partial charge >= 0.3 is 5.91 Å². The molecular formula is C14H12Cl3N4O3+. The average molecular weight is 391 g/mol. The van der Waals surface area contributed by atoms with E-state index in [1.807, 2.05) is 0 Å². The number of anilines is 1. The van der Waals surface area contributed by atoms with Gasteiger partial charge in [0.25, 0.3) is 10.8 Å². The van der Waals surface area contributed by atoms with E-state index >= 15 is 0 Å². The minimum atomic E-state index is -0.691. The third kappa shape index (κ3) is 3.81. The number of hydrazone groups is 1. The number of rotatable bonds is 4. The van der Waals surface area contributed by atoms with Crippen LogP contribution in [-0.2, 0) is 0 Å². The van der Waals surface area contributed by atoms with E-state index in [-0.39, 0.29) is 32.3 Å². The van der Waals surface area contributed by atoms with Crippen molar-refractivity contribution in [2.75, 3.05) is 12.8 Å². The molecule has 1 amide bonds. The number of methoxy groups -OCH3 is 1. The topological polar surface area (TPSA) is 111 Å². The summed E-state index contributed by atoms with van der Waals surface area (Å²) in [5, 5.41) is 13.4. The molecule has 126 valence electrons. The maximum absolute atomic E-state index is 12.1. The molecule has 24 heavy (non-hydrogen) atoms. The molecule has 0 aliphatic carbocycles. The smallest absolute Gasteiger partial charge is 0.337 e. The van der Waals surface area contributed by atoms with Crippen LogP contribution in [0, 0.1) is 0 Å². The zero-order chi connectivity index (χ0) is 17.9. The lowest BCUT2D eigenvalue weighted by Crippen LogP contribution is -2.28. The number of nitrogen functional groups attached to an aromatic ring is 1. The number of phenols is 1. The van der Waals surface area contributed by atoms with E-state index < -0.39 is 5.91 Å². The first kappa shape index (κ1) is 18.1. The Morgan fingerprint density at radius 1 is 1.38 bits per heavy atom. The van der Waals surface area contributed by atoms with Crippen LogP contribution in [0.15, 0.2) is 23.3 Å². The van der Waals surface area contributed by atoms with E-state index in [1.165, 1.54) is 19.4 Å². The molecule has 0 bridgehead atoms. The molecule has 1 aromatic carbocycles. The number of ether oxygens (including phenoxy) is 1. The second-order valence-corrected chi connectivity index (χ2v) is 5.61. The number of hydrogen-bond donors (Lipinski definition) is 3. The number of aromatic hydroxyl groups is 1. The van der Waals surface area contributed by atoms with Crippen molar-refractivity contribution in [1.82, 2.24) is 5.43 Å². The van der Waals surface area contributed by atoms with Crippen molar-refractivity contribution in [3.8, 4) is 11.5 Å². The number of carbonyl (C=O) groups excluding carboxylic acids is 1.